The van der Waals surface area contributed by atoms with Crippen LogP contribution in [0.5, 0.6) is 0 Å². The van der Waals surface area contributed by atoms with E-state index in [1.54, 1.807) is 12.1 Å². The molecule has 0 aliphatic carbocycles. The number of hydrogen-bond donors (Lipinski definition) is 2. The van der Waals surface area contributed by atoms with Gasteiger partial charge < -0.3 is 10.2 Å². The van der Waals surface area contributed by atoms with Crippen LogP contribution in [0.1, 0.15) is 23.6 Å². The van der Waals surface area contributed by atoms with Crippen molar-refractivity contribution in [2.45, 2.75) is 38.6 Å². The van der Waals surface area contributed by atoms with Crippen molar-refractivity contribution < 1.29 is 18.1 Å². The number of anilines is 1. The molecular formula is C22H30N3O3S+. The quantitative estimate of drug-likeness (QED) is 0.777. The second-order valence-corrected chi connectivity index (χ2v) is 9.84. The van der Waals surface area contributed by atoms with E-state index in [0.29, 0.717) is 31.1 Å². The third kappa shape index (κ3) is 4.86. The van der Waals surface area contributed by atoms with Crippen LogP contribution in [0.15, 0.2) is 47.4 Å². The fourth-order valence-electron chi connectivity index (χ4n) is 3.69. The van der Waals surface area contributed by atoms with Gasteiger partial charge >= 0.3 is 0 Å². The Balaban J connectivity index is 1.60. The van der Waals surface area contributed by atoms with Crippen LogP contribution in [-0.4, -0.2) is 50.9 Å². The van der Waals surface area contributed by atoms with Crippen LogP contribution in [0.4, 0.5) is 5.69 Å². The van der Waals surface area contributed by atoms with Gasteiger partial charge in [0.25, 0.3) is 5.91 Å². The maximum atomic E-state index is 12.9. The lowest BCUT2D eigenvalue weighted by molar-refractivity contribution is -0.917. The minimum absolute atomic E-state index is 0.0400. The van der Waals surface area contributed by atoms with Crippen LogP contribution in [0.3, 0.4) is 0 Å². The third-order valence-corrected chi connectivity index (χ3v) is 7.58. The molecule has 1 atom stereocenters. The maximum Gasteiger partial charge on any atom is 0.282 e. The van der Waals surface area contributed by atoms with E-state index in [1.807, 2.05) is 58.0 Å². The molecule has 156 valence electrons. The Kier molecular flexibility index (Phi) is 6.41. The number of hydrogen-bond acceptors (Lipinski definition) is 3. The lowest BCUT2D eigenvalue weighted by atomic mass is 10.1. The molecule has 1 amide bonds. The largest absolute Gasteiger partial charge is 0.323 e. The van der Waals surface area contributed by atoms with Gasteiger partial charge in [-0.05, 0) is 51.5 Å². The van der Waals surface area contributed by atoms with E-state index in [0.717, 1.165) is 27.3 Å². The van der Waals surface area contributed by atoms with Crippen LogP contribution in [0.25, 0.3) is 0 Å². The van der Waals surface area contributed by atoms with Gasteiger partial charge in [0.05, 0.1) is 31.1 Å². The van der Waals surface area contributed by atoms with Crippen molar-refractivity contribution >= 4 is 21.6 Å². The van der Waals surface area contributed by atoms with Gasteiger partial charge in [-0.1, -0.05) is 35.4 Å². The lowest BCUT2D eigenvalue weighted by Gasteiger charge is -2.34. The average Bonchev–Trinajstić information content (AvgIpc) is 2.70. The van der Waals surface area contributed by atoms with Crippen molar-refractivity contribution in [3.05, 3.63) is 59.2 Å². The summed E-state index contributed by atoms with van der Waals surface area (Å²) in [7, 11) is -3.49. The van der Waals surface area contributed by atoms with E-state index in [1.165, 1.54) is 4.31 Å². The second-order valence-electron chi connectivity index (χ2n) is 7.90. The molecule has 7 heteroatoms. The van der Waals surface area contributed by atoms with Crippen molar-refractivity contribution in [3.8, 4) is 0 Å². The molecule has 1 aliphatic heterocycles. The summed E-state index contributed by atoms with van der Waals surface area (Å²) >= 11 is 0. The first kappa shape index (κ1) is 21.5. The molecule has 0 aromatic heterocycles. The number of nitrogens with zero attached hydrogens (tertiary/aromatic N) is 1. The number of piperazine rings is 1. The molecule has 2 aromatic rings. The van der Waals surface area contributed by atoms with Crippen LogP contribution in [0, 0.1) is 20.8 Å². The number of aryl methyl sites for hydroxylation is 3. The van der Waals surface area contributed by atoms with Crippen molar-refractivity contribution in [3.63, 3.8) is 0 Å². The first-order valence-electron chi connectivity index (χ1n) is 9.98. The number of amides is 1. The molecule has 1 fully saturated rings. The van der Waals surface area contributed by atoms with E-state index in [9.17, 15) is 13.2 Å². The Labute approximate surface area is 173 Å². The predicted octanol–water partition coefficient (Wildman–Crippen LogP) is 1.53. The highest BCUT2D eigenvalue weighted by molar-refractivity contribution is 7.89. The van der Waals surface area contributed by atoms with Gasteiger partial charge in [0.2, 0.25) is 10.0 Å². The zero-order valence-electron chi connectivity index (χ0n) is 17.5. The van der Waals surface area contributed by atoms with E-state index in [2.05, 4.69) is 5.32 Å². The number of nitrogens with one attached hydrogen (secondary N) is 2. The molecule has 6 nitrogen and oxygen atoms in total. The van der Waals surface area contributed by atoms with Gasteiger partial charge in [0.15, 0.2) is 6.04 Å². The zero-order valence-corrected chi connectivity index (χ0v) is 18.3. The van der Waals surface area contributed by atoms with Crippen molar-refractivity contribution in [2.24, 2.45) is 0 Å². The summed E-state index contributed by atoms with van der Waals surface area (Å²) in [4.78, 5) is 14.1. The number of benzene rings is 2. The first-order chi connectivity index (χ1) is 13.7. The van der Waals surface area contributed by atoms with Gasteiger partial charge in [-0.25, -0.2) is 8.42 Å². The van der Waals surface area contributed by atoms with Gasteiger partial charge in [-0.15, -0.1) is 0 Å². The maximum absolute atomic E-state index is 12.9. The lowest BCUT2D eigenvalue weighted by Crippen LogP contribution is -3.19. The molecule has 1 saturated heterocycles. The number of quaternary nitrogens is 1. The third-order valence-electron chi connectivity index (χ3n) is 5.67. The molecule has 2 N–H and O–H groups in total. The van der Waals surface area contributed by atoms with Crippen LogP contribution >= 0.6 is 0 Å². The van der Waals surface area contributed by atoms with Crippen LogP contribution in [-0.2, 0) is 14.8 Å². The van der Waals surface area contributed by atoms with Crippen molar-refractivity contribution in [1.82, 2.24) is 4.31 Å². The molecule has 0 saturated carbocycles. The van der Waals surface area contributed by atoms with Gasteiger partial charge in [-0.2, -0.15) is 4.31 Å². The van der Waals surface area contributed by atoms with E-state index < -0.39 is 10.0 Å². The molecule has 0 unspecified atom stereocenters. The molecule has 29 heavy (non-hydrogen) atoms. The Morgan fingerprint density at radius 2 is 1.59 bits per heavy atom. The summed E-state index contributed by atoms with van der Waals surface area (Å²) < 4.78 is 27.2. The number of carbonyl (C=O) groups excluding carboxylic acids is 1. The summed E-state index contributed by atoms with van der Waals surface area (Å²) in [6.07, 6.45) is 0. The summed E-state index contributed by atoms with van der Waals surface area (Å²) in [5.41, 5.74) is 4.05. The van der Waals surface area contributed by atoms with Crippen molar-refractivity contribution in [1.29, 1.82) is 0 Å². The average molecular weight is 417 g/mol. The Bertz CT molecular complexity index is 979. The fraction of sp³-hybridized carbons (Fsp3) is 0.409. The molecular weight excluding hydrogens is 386 g/mol. The topological polar surface area (TPSA) is 70.9 Å². The van der Waals surface area contributed by atoms with Crippen LogP contribution < -0.4 is 10.2 Å². The Hall–Kier alpha value is -2.22. The molecule has 0 spiro atoms. The summed E-state index contributed by atoms with van der Waals surface area (Å²) in [5, 5.41) is 3.02. The highest BCUT2D eigenvalue weighted by Crippen LogP contribution is 2.17. The smallest absolute Gasteiger partial charge is 0.282 e. The van der Waals surface area contributed by atoms with Gasteiger partial charge in [0.1, 0.15) is 0 Å². The van der Waals surface area contributed by atoms with Crippen LogP contribution in [0.2, 0.25) is 0 Å². The fourth-order valence-corrected chi connectivity index (χ4v) is 5.13. The molecule has 1 heterocycles. The molecule has 0 radical (unpaired) electrons. The van der Waals surface area contributed by atoms with Gasteiger partial charge in [0, 0.05) is 5.69 Å². The normalized spacial score (nSPS) is 17.1. The summed E-state index contributed by atoms with van der Waals surface area (Å²) in [5.74, 6) is -0.0400. The minimum Gasteiger partial charge on any atom is -0.323 e. The molecule has 0 bridgehead atoms. The summed E-state index contributed by atoms with van der Waals surface area (Å²) in [6.45, 7) is 9.87. The first-order valence-corrected chi connectivity index (χ1v) is 11.4. The minimum atomic E-state index is -3.49. The van der Waals surface area contributed by atoms with Crippen molar-refractivity contribution in [2.75, 3.05) is 31.5 Å². The Morgan fingerprint density at radius 3 is 2.17 bits per heavy atom. The summed E-state index contributed by atoms with van der Waals surface area (Å²) in [6, 6.07) is 12.6. The number of rotatable bonds is 5. The second kappa shape index (κ2) is 8.65. The van der Waals surface area contributed by atoms with Gasteiger partial charge in [-0.3, -0.25) is 4.79 Å². The zero-order chi connectivity index (χ0) is 21.2. The standard InChI is InChI=1S/C22H29N3O3S/c1-16-5-8-20(9-6-16)29(27,28)25-13-11-24(12-14-25)19(4)22(26)23-21-10-7-17(2)15-18(21)3/h5-10,15,19H,11-14H2,1-4H3,(H,23,26)/p+1/t19-/m1/s1. The van der Waals surface area contributed by atoms with E-state index in [4.69, 9.17) is 0 Å². The predicted molar refractivity (Wildman–Crippen MR) is 115 cm³/mol. The molecule has 1 aliphatic rings. The Morgan fingerprint density at radius 1 is 1.00 bits per heavy atom. The highest BCUT2D eigenvalue weighted by atomic mass is 32.2. The van der Waals surface area contributed by atoms with E-state index >= 15 is 0 Å². The SMILES string of the molecule is Cc1ccc(S(=O)(=O)N2CC[NH+]([C@H](C)C(=O)Nc3ccc(C)cc3C)CC2)cc1. The molecule has 3 rings (SSSR count). The van der Waals surface area contributed by atoms with E-state index in [-0.39, 0.29) is 11.9 Å². The molecule has 2 aromatic carbocycles. The monoisotopic (exact) mass is 416 g/mol. The number of sulfonamides is 1. The number of carbonyl (C=O) groups is 1. The highest BCUT2D eigenvalue weighted by Gasteiger charge is 2.34.